The minimum absolute atomic E-state index is 0.103. The highest BCUT2D eigenvalue weighted by molar-refractivity contribution is 6.76. The van der Waals surface area contributed by atoms with E-state index in [0.717, 1.165) is 23.6 Å². The lowest BCUT2D eigenvalue weighted by molar-refractivity contribution is 0.0223. The van der Waals surface area contributed by atoms with E-state index in [1.165, 1.54) is 0 Å². The smallest absolute Gasteiger partial charge is 0.410 e. The largest absolute Gasteiger partial charge is 0.478 e. The van der Waals surface area contributed by atoms with Gasteiger partial charge in [-0.1, -0.05) is 25.7 Å². The Morgan fingerprint density at radius 2 is 1.89 bits per heavy atom. The molecule has 4 rings (SSSR count). The molecule has 0 aliphatic carbocycles. The van der Waals surface area contributed by atoms with Gasteiger partial charge in [0.25, 0.3) is 0 Å². The number of ether oxygens (including phenoxy) is 3. The molecular weight excluding hydrogens is 502 g/mol. The van der Waals surface area contributed by atoms with E-state index < -0.39 is 19.6 Å². The van der Waals surface area contributed by atoms with E-state index in [1.807, 2.05) is 39.0 Å². The summed E-state index contributed by atoms with van der Waals surface area (Å²) in [5, 5.41) is 10.3. The SMILES string of the molecule is CC(C)(C)OC(=O)N1CCc2ccc(Oc3ccnc4c3c(C(=O)O)cn4COCC[Si](C)(C)C)cc2C1. The van der Waals surface area contributed by atoms with Crippen LogP contribution in [0.3, 0.4) is 0 Å². The fraction of sp³-hybridized carbons (Fsp3) is 0.464. The Morgan fingerprint density at radius 1 is 1.13 bits per heavy atom. The summed E-state index contributed by atoms with van der Waals surface area (Å²) >= 11 is 0. The van der Waals surface area contributed by atoms with Gasteiger partial charge in [0.15, 0.2) is 0 Å². The first-order valence-corrected chi connectivity index (χ1v) is 16.6. The maximum Gasteiger partial charge on any atom is 0.410 e. The van der Waals surface area contributed by atoms with Crippen molar-refractivity contribution < 1.29 is 28.9 Å². The highest BCUT2D eigenvalue weighted by Crippen LogP contribution is 2.34. The second kappa shape index (κ2) is 10.8. The number of carboxylic acid groups (broad SMARTS) is 1. The summed E-state index contributed by atoms with van der Waals surface area (Å²) in [7, 11) is -1.24. The summed E-state index contributed by atoms with van der Waals surface area (Å²) in [6.45, 7) is 14.2. The van der Waals surface area contributed by atoms with Gasteiger partial charge in [0.2, 0.25) is 0 Å². The molecule has 3 heterocycles. The monoisotopic (exact) mass is 539 g/mol. The molecule has 0 unspecified atom stereocenters. The van der Waals surface area contributed by atoms with Crippen LogP contribution in [-0.2, 0) is 29.2 Å². The fourth-order valence-electron chi connectivity index (χ4n) is 4.28. The lowest BCUT2D eigenvalue weighted by atomic mass is 10.00. The third kappa shape index (κ3) is 6.73. The first-order chi connectivity index (χ1) is 17.8. The number of nitrogens with zero attached hydrogens (tertiary/aromatic N) is 3. The molecule has 0 saturated heterocycles. The van der Waals surface area contributed by atoms with Crippen LogP contribution in [0.1, 0.15) is 42.3 Å². The Labute approximate surface area is 224 Å². The van der Waals surface area contributed by atoms with E-state index in [-0.39, 0.29) is 18.4 Å². The summed E-state index contributed by atoms with van der Waals surface area (Å²) < 4.78 is 19.3. The summed E-state index contributed by atoms with van der Waals surface area (Å²) in [6, 6.07) is 8.44. The van der Waals surface area contributed by atoms with Crippen molar-refractivity contribution in [2.24, 2.45) is 0 Å². The molecule has 0 saturated carbocycles. The van der Waals surface area contributed by atoms with Gasteiger partial charge in [-0.3, -0.25) is 0 Å². The standard InChI is InChI=1S/C28H37N3O6Si/c1-28(2,3)37-27(34)30-12-10-19-7-8-21(15-20(19)16-30)36-23-9-11-29-25-24(23)22(26(32)33)17-31(25)18-35-13-14-38(4,5)6/h7-9,11,15,17H,10,12-14,16,18H2,1-6H3,(H,32,33). The Morgan fingerprint density at radius 3 is 2.58 bits per heavy atom. The zero-order valence-electron chi connectivity index (χ0n) is 23.0. The summed E-state index contributed by atoms with van der Waals surface area (Å²) in [5.74, 6) is -0.113. The molecule has 1 aliphatic heterocycles. The van der Waals surface area contributed by atoms with Gasteiger partial charge in [-0.25, -0.2) is 14.6 Å². The van der Waals surface area contributed by atoms with Crippen LogP contribution >= 0.6 is 0 Å². The summed E-state index contributed by atoms with van der Waals surface area (Å²) in [4.78, 5) is 30.8. The van der Waals surface area contributed by atoms with Crippen molar-refractivity contribution in [2.75, 3.05) is 13.2 Å². The molecule has 0 bridgehead atoms. The lowest BCUT2D eigenvalue weighted by Crippen LogP contribution is -2.39. The average molecular weight is 540 g/mol. The number of hydrogen-bond acceptors (Lipinski definition) is 6. The number of aromatic carboxylic acids is 1. The van der Waals surface area contributed by atoms with Gasteiger partial charge in [0.1, 0.15) is 29.5 Å². The highest BCUT2D eigenvalue weighted by atomic mass is 28.3. The number of amides is 1. The Bertz CT molecular complexity index is 1340. The molecule has 10 heteroatoms. The van der Waals surface area contributed by atoms with Crippen molar-refractivity contribution in [3.63, 3.8) is 0 Å². The van der Waals surface area contributed by atoms with Crippen molar-refractivity contribution in [1.29, 1.82) is 0 Å². The molecule has 0 radical (unpaired) electrons. The zero-order valence-corrected chi connectivity index (χ0v) is 24.0. The number of carbonyl (C=O) groups is 2. The van der Waals surface area contributed by atoms with Crippen LogP contribution < -0.4 is 4.74 Å². The molecular formula is C28H37N3O6Si. The van der Waals surface area contributed by atoms with Gasteiger partial charge in [0.05, 0.1) is 10.9 Å². The van der Waals surface area contributed by atoms with Crippen LogP contribution in [0.15, 0.2) is 36.7 Å². The van der Waals surface area contributed by atoms with Crippen molar-refractivity contribution >= 4 is 31.2 Å². The number of fused-ring (bicyclic) bond motifs is 2. The van der Waals surface area contributed by atoms with E-state index in [9.17, 15) is 14.7 Å². The molecule has 0 atom stereocenters. The second-order valence-corrected chi connectivity index (χ2v) is 17.5. The highest BCUT2D eigenvalue weighted by Gasteiger charge is 2.26. The van der Waals surface area contributed by atoms with Crippen LogP contribution in [0.5, 0.6) is 11.5 Å². The first-order valence-electron chi connectivity index (χ1n) is 12.9. The zero-order chi connectivity index (χ0) is 27.7. The predicted octanol–water partition coefficient (Wildman–Crippen LogP) is 6.13. The topological polar surface area (TPSA) is 103 Å². The van der Waals surface area contributed by atoms with Gasteiger partial charge in [-0.2, -0.15) is 0 Å². The van der Waals surface area contributed by atoms with Crippen molar-refractivity contribution in [3.8, 4) is 11.5 Å². The minimum Gasteiger partial charge on any atom is -0.478 e. The van der Waals surface area contributed by atoms with E-state index >= 15 is 0 Å². The summed E-state index contributed by atoms with van der Waals surface area (Å²) in [6.07, 6.45) is 3.53. The van der Waals surface area contributed by atoms with Crippen LogP contribution in [0.2, 0.25) is 25.7 Å². The van der Waals surface area contributed by atoms with E-state index in [0.29, 0.717) is 42.2 Å². The molecule has 1 aromatic carbocycles. The molecule has 2 aromatic heterocycles. The molecule has 1 amide bonds. The normalized spacial score (nSPS) is 13.9. The molecule has 38 heavy (non-hydrogen) atoms. The minimum atomic E-state index is -1.24. The molecule has 1 N–H and O–H groups in total. The number of aromatic nitrogens is 2. The molecule has 0 spiro atoms. The van der Waals surface area contributed by atoms with Crippen LogP contribution in [0.25, 0.3) is 11.0 Å². The lowest BCUT2D eigenvalue weighted by Gasteiger charge is -2.31. The number of rotatable bonds is 8. The Hall–Kier alpha value is -3.37. The maximum atomic E-state index is 12.6. The van der Waals surface area contributed by atoms with E-state index in [1.54, 1.807) is 27.9 Å². The van der Waals surface area contributed by atoms with Crippen molar-refractivity contribution in [3.05, 3.63) is 53.3 Å². The van der Waals surface area contributed by atoms with E-state index in [4.69, 9.17) is 14.2 Å². The second-order valence-electron chi connectivity index (χ2n) is 11.9. The third-order valence-corrected chi connectivity index (χ3v) is 7.95. The van der Waals surface area contributed by atoms with Crippen LogP contribution in [0, 0.1) is 0 Å². The Kier molecular flexibility index (Phi) is 7.85. The van der Waals surface area contributed by atoms with Gasteiger partial charge in [-0.15, -0.1) is 0 Å². The number of hydrogen-bond donors (Lipinski definition) is 1. The first kappa shape index (κ1) is 27.7. The third-order valence-electron chi connectivity index (χ3n) is 6.25. The fourth-order valence-corrected chi connectivity index (χ4v) is 5.04. The van der Waals surface area contributed by atoms with Gasteiger partial charge < -0.3 is 28.8 Å². The Balaban J connectivity index is 1.57. The molecule has 9 nitrogen and oxygen atoms in total. The van der Waals surface area contributed by atoms with Gasteiger partial charge >= 0.3 is 12.1 Å². The average Bonchev–Trinajstić information content (AvgIpc) is 3.20. The van der Waals surface area contributed by atoms with E-state index in [2.05, 4.69) is 24.6 Å². The van der Waals surface area contributed by atoms with Crippen molar-refractivity contribution in [1.82, 2.24) is 14.5 Å². The number of benzene rings is 1. The van der Waals surface area contributed by atoms with Crippen molar-refractivity contribution in [2.45, 2.75) is 71.8 Å². The molecule has 1 aliphatic rings. The van der Waals surface area contributed by atoms with Crippen LogP contribution in [-0.4, -0.2) is 58.4 Å². The molecule has 0 fully saturated rings. The number of pyridine rings is 1. The number of carboxylic acids is 1. The van der Waals surface area contributed by atoms with Crippen LogP contribution in [0.4, 0.5) is 4.79 Å². The maximum absolute atomic E-state index is 12.6. The molecule has 3 aromatic rings. The van der Waals surface area contributed by atoms with Gasteiger partial charge in [-0.05, 0) is 62.6 Å². The molecule has 204 valence electrons. The number of carbonyl (C=O) groups excluding carboxylic acids is 1. The van der Waals surface area contributed by atoms with Gasteiger partial charge in [0, 0.05) is 40.2 Å². The predicted molar refractivity (Wildman–Crippen MR) is 148 cm³/mol. The summed E-state index contributed by atoms with van der Waals surface area (Å²) in [5.41, 5.74) is 2.14. The quantitative estimate of drug-likeness (QED) is 0.271.